The average Bonchev–Trinajstić information content (AvgIpc) is 2.76. The summed E-state index contributed by atoms with van der Waals surface area (Å²) in [6, 6.07) is 6.94. The van der Waals surface area contributed by atoms with E-state index in [0.29, 0.717) is 31.0 Å². The van der Waals surface area contributed by atoms with Crippen LogP contribution in [0.3, 0.4) is 0 Å². The van der Waals surface area contributed by atoms with E-state index in [4.69, 9.17) is 4.52 Å². The summed E-state index contributed by atoms with van der Waals surface area (Å²) in [4.78, 5) is 4.33. The fraction of sp³-hybridized carbons (Fsp3) is 0.385. The first-order chi connectivity index (χ1) is 8.70. The van der Waals surface area contributed by atoms with Crippen LogP contribution in [0.2, 0.25) is 0 Å². The topological polar surface area (TPSA) is 79.4 Å². The normalized spacial score (nSPS) is 22.7. The van der Waals surface area contributed by atoms with Crippen LogP contribution in [0.1, 0.15) is 36.0 Å². The van der Waals surface area contributed by atoms with Gasteiger partial charge in [-0.05, 0) is 30.5 Å². The third kappa shape index (κ3) is 2.22. The third-order valence-electron chi connectivity index (χ3n) is 3.24. The smallest absolute Gasteiger partial charge is 0.229 e. The Morgan fingerprint density at radius 1 is 1.22 bits per heavy atom. The number of aromatic nitrogens is 2. The van der Waals surface area contributed by atoms with Gasteiger partial charge < -0.3 is 14.7 Å². The zero-order valence-electron chi connectivity index (χ0n) is 9.78. The van der Waals surface area contributed by atoms with Crippen LogP contribution in [0, 0.1) is 0 Å². The standard InChI is InChI=1S/C13H14N2O3/c16-10-3-1-8(2-4-10)5-12-14-13(18-15-12)9-6-11(17)7-9/h1-4,9,11,16-17H,5-7H2. The van der Waals surface area contributed by atoms with E-state index in [1.807, 2.05) is 12.1 Å². The maximum absolute atomic E-state index is 9.23. The molecule has 0 saturated heterocycles. The number of phenolic OH excluding ortho intramolecular Hbond substituents is 1. The molecule has 1 aromatic carbocycles. The summed E-state index contributed by atoms with van der Waals surface area (Å²) in [7, 11) is 0. The number of phenols is 1. The van der Waals surface area contributed by atoms with Crippen LogP contribution < -0.4 is 0 Å². The summed E-state index contributed by atoms with van der Waals surface area (Å²) >= 11 is 0. The predicted octanol–water partition coefficient (Wildman–Crippen LogP) is 1.60. The Kier molecular flexibility index (Phi) is 2.76. The molecule has 5 nitrogen and oxygen atoms in total. The molecule has 94 valence electrons. The number of hydrogen-bond donors (Lipinski definition) is 2. The molecule has 5 heteroatoms. The van der Waals surface area contributed by atoms with Crippen LogP contribution in [-0.4, -0.2) is 26.5 Å². The van der Waals surface area contributed by atoms with Crippen LogP contribution >= 0.6 is 0 Å². The van der Waals surface area contributed by atoms with Crippen molar-refractivity contribution in [2.45, 2.75) is 31.3 Å². The van der Waals surface area contributed by atoms with Crippen molar-refractivity contribution in [2.75, 3.05) is 0 Å². The lowest BCUT2D eigenvalue weighted by Crippen LogP contribution is -2.26. The molecule has 1 heterocycles. The van der Waals surface area contributed by atoms with E-state index in [1.54, 1.807) is 12.1 Å². The quantitative estimate of drug-likeness (QED) is 0.860. The Morgan fingerprint density at radius 3 is 2.61 bits per heavy atom. The van der Waals surface area contributed by atoms with Gasteiger partial charge in [0.2, 0.25) is 5.89 Å². The zero-order chi connectivity index (χ0) is 12.5. The highest BCUT2D eigenvalue weighted by molar-refractivity contribution is 5.27. The molecule has 0 atom stereocenters. The molecule has 18 heavy (non-hydrogen) atoms. The molecule has 2 N–H and O–H groups in total. The Balaban J connectivity index is 1.68. The minimum absolute atomic E-state index is 0.209. The van der Waals surface area contributed by atoms with Gasteiger partial charge in [-0.3, -0.25) is 0 Å². The van der Waals surface area contributed by atoms with Gasteiger partial charge in [-0.1, -0.05) is 17.3 Å². The largest absolute Gasteiger partial charge is 0.508 e. The molecule has 0 radical (unpaired) electrons. The fourth-order valence-electron chi connectivity index (χ4n) is 2.09. The van der Waals surface area contributed by atoms with E-state index in [9.17, 15) is 10.2 Å². The highest BCUT2D eigenvalue weighted by Gasteiger charge is 2.32. The second-order valence-electron chi connectivity index (χ2n) is 4.71. The van der Waals surface area contributed by atoms with Crippen LogP contribution in [-0.2, 0) is 6.42 Å². The first kappa shape index (κ1) is 11.2. The van der Waals surface area contributed by atoms with Crippen molar-refractivity contribution in [1.29, 1.82) is 0 Å². The maximum atomic E-state index is 9.23. The van der Waals surface area contributed by atoms with Crippen molar-refractivity contribution in [2.24, 2.45) is 0 Å². The van der Waals surface area contributed by atoms with E-state index in [-0.39, 0.29) is 17.8 Å². The fourth-order valence-corrected chi connectivity index (χ4v) is 2.09. The summed E-state index contributed by atoms with van der Waals surface area (Å²) in [5, 5.41) is 22.4. The highest BCUT2D eigenvalue weighted by atomic mass is 16.5. The molecule has 1 aliphatic carbocycles. The van der Waals surface area contributed by atoms with Crippen LogP contribution in [0.25, 0.3) is 0 Å². The molecular weight excluding hydrogens is 232 g/mol. The molecule has 1 saturated carbocycles. The summed E-state index contributed by atoms with van der Waals surface area (Å²) < 4.78 is 5.19. The average molecular weight is 246 g/mol. The third-order valence-corrected chi connectivity index (χ3v) is 3.24. The van der Waals surface area contributed by atoms with E-state index in [0.717, 1.165) is 5.56 Å². The van der Waals surface area contributed by atoms with Crippen molar-refractivity contribution in [3.05, 3.63) is 41.5 Å². The highest BCUT2D eigenvalue weighted by Crippen LogP contribution is 2.35. The van der Waals surface area contributed by atoms with E-state index in [2.05, 4.69) is 10.1 Å². The van der Waals surface area contributed by atoms with Crippen molar-refractivity contribution in [1.82, 2.24) is 10.1 Å². The van der Waals surface area contributed by atoms with Crippen LogP contribution in [0.15, 0.2) is 28.8 Å². The number of benzene rings is 1. The van der Waals surface area contributed by atoms with E-state index in [1.165, 1.54) is 0 Å². The van der Waals surface area contributed by atoms with Gasteiger partial charge in [-0.15, -0.1) is 0 Å². The summed E-state index contributed by atoms with van der Waals surface area (Å²) in [6.45, 7) is 0. The first-order valence-corrected chi connectivity index (χ1v) is 5.99. The Bertz CT molecular complexity index is 529. The van der Waals surface area contributed by atoms with Gasteiger partial charge in [0.1, 0.15) is 5.75 Å². The van der Waals surface area contributed by atoms with Crippen molar-refractivity contribution in [3.63, 3.8) is 0 Å². The maximum Gasteiger partial charge on any atom is 0.229 e. The van der Waals surface area contributed by atoms with Gasteiger partial charge in [0.05, 0.1) is 6.10 Å². The first-order valence-electron chi connectivity index (χ1n) is 5.99. The summed E-state index contributed by atoms with van der Waals surface area (Å²) in [5.41, 5.74) is 1.02. The second kappa shape index (κ2) is 4.42. The minimum atomic E-state index is -0.220. The molecule has 0 bridgehead atoms. The van der Waals surface area contributed by atoms with Gasteiger partial charge in [0.25, 0.3) is 0 Å². The number of hydrogen-bond acceptors (Lipinski definition) is 5. The van der Waals surface area contributed by atoms with Crippen molar-refractivity contribution < 1.29 is 14.7 Å². The van der Waals surface area contributed by atoms with Gasteiger partial charge in [-0.2, -0.15) is 4.98 Å². The lowest BCUT2D eigenvalue weighted by Gasteiger charge is -2.27. The van der Waals surface area contributed by atoms with Crippen molar-refractivity contribution in [3.8, 4) is 5.75 Å². The molecule has 1 aromatic heterocycles. The molecule has 3 rings (SSSR count). The molecule has 2 aromatic rings. The number of aliphatic hydroxyl groups is 1. The van der Waals surface area contributed by atoms with Crippen LogP contribution in [0.4, 0.5) is 0 Å². The Hall–Kier alpha value is -1.88. The Labute approximate surface area is 104 Å². The van der Waals surface area contributed by atoms with Crippen molar-refractivity contribution >= 4 is 0 Å². The lowest BCUT2D eigenvalue weighted by molar-refractivity contribution is 0.0625. The van der Waals surface area contributed by atoms with Gasteiger partial charge in [-0.25, -0.2) is 0 Å². The monoisotopic (exact) mass is 246 g/mol. The molecule has 1 fully saturated rings. The van der Waals surface area contributed by atoms with Gasteiger partial charge >= 0.3 is 0 Å². The Morgan fingerprint density at radius 2 is 1.94 bits per heavy atom. The lowest BCUT2D eigenvalue weighted by atomic mass is 9.82. The van der Waals surface area contributed by atoms with E-state index >= 15 is 0 Å². The minimum Gasteiger partial charge on any atom is -0.508 e. The summed E-state index contributed by atoms with van der Waals surface area (Å²) in [5.74, 6) is 1.71. The number of aromatic hydroxyl groups is 1. The molecule has 0 amide bonds. The van der Waals surface area contributed by atoms with Gasteiger partial charge in [0, 0.05) is 12.3 Å². The number of rotatable bonds is 3. The summed E-state index contributed by atoms with van der Waals surface area (Å²) in [6.07, 6.45) is 1.78. The predicted molar refractivity (Wildman–Crippen MR) is 63.2 cm³/mol. The SMILES string of the molecule is Oc1ccc(Cc2noc(C3CC(O)C3)n2)cc1. The van der Waals surface area contributed by atoms with E-state index < -0.39 is 0 Å². The molecule has 0 aliphatic heterocycles. The molecule has 0 spiro atoms. The van der Waals surface area contributed by atoms with Gasteiger partial charge in [0.15, 0.2) is 5.82 Å². The molecule has 0 unspecified atom stereocenters. The molecular formula is C13H14N2O3. The number of aliphatic hydroxyl groups excluding tert-OH is 1. The van der Waals surface area contributed by atoms with Crippen LogP contribution in [0.5, 0.6) is 5.75 Å². The zero-order valence-corrected chi connectivity index (χ0v) is 9.78. The second-order valence-corrected chi connectivity index (χ2v) is 4.71. The number of nitrogens with zero attached hydrogens (tertiary/aromatic N) is 2. The molecule has 1 aliphatic rings.